The second kappa shape index (κ2) is 7.31. The Bertz CT molecular complexity index is 1110. The first-order chi connectivity index (χ1) is 14.2. The molecule has 3 heterocycles. The molecule has 0 N–H and O–H groups in total. The number of aromatic nitrogens is 5. The maximum Gasteiger partial charge on any atom is 0.417 e. The third kappa shape index (κ3) is 3.38. The zero-order valence-electron chi connectivity index (χ0n) is 15.4. The molecule has 0 spiro atoms. The number of carbonyl (C=O) groups excluding carboxylic acids is 1. The molecule has 1 amide bonds. The topological polar surface area (TPSA) is 76.8 Å². The van der Waals surface area contributed by atoms with Crippen molar-refractivity contribution in [2.45, 2.75) is 18.6 Å². The highest BCUT2D eigenvalue weighted by atomic mass is 35.5. The molecule has 0 bridgehead atoms. The molecule has 7 nitrogen and oxygen atoms in total. The van der Waals surface area contributed by atoms with Gasteiger partial charge in [0.25, 0.3) is 5.91 Å². The molecule has 0 radical (unpaired) electrons. The van der Waals surface area contributed by atoms with E-state index in [9.17, 15) is 22.4 Å². The zero-order valence-corrected chi connectivity index (χ0v) is 16.1. The van der Waals surface area contributed by atoms with Crippen molar-refractivity contribution < 1.29 is 22.4 Å². The maximum absolute atomic E-state index is 13.3. The summed E-state index contributed by atoms with van der Waals surface area (Å²) >= 11 is 5.95. The van der Waals surface area contributed by atoms with Gasteiger partial charge in [-0.3, -0.25) is 9.48 Å². The van der Waals surface area contributed by atoms with Gasteiger partial charge in [-0.1, -0.05) is 22.9 Å². The van der Waals surface area contributed by atoms with Crippen LogP contribution in [0.5, 0.6) is 0 Å². The molecule has 156 valence electrons. The second-order valence-corrected chi connectivity index (χ2v) is 7.00. The van der Waals surface area contributed by atoms with Crippen LogP contribution in [0.15, 0.2) is 30.6 Å². The number of hydrogen-bond acceptors (Lipinski definition) is 5. The summed E-state index contributed by atoms with van der Waals surface area (Å²) in [5.41, 5.74) is -0.341. The van der Waals surface area contributed by atoms with E-state index < -0.39 is 34.5 Å². The molecule has 0 saturated carbocycles. The van der Waals surface area contributed by atoms with Gasteiger partial charge in [0.05, 0.1) is 34.2 Å². The first kappa shape index (κ1) is 20.2. The van der Waals surface area contributed by atoms with Crippen molar-refractivity contribution in [3.05, 3.63) is 69.8 Å². The van der Waals surface area contributed by atoms with Gasteiger partial charge in [0.1, 0.15) is 11.7 Å². The van der Waals surface area contributed by atoms with E-state index in [0.29, 0.717) is 17.8 Å². The third-order valence-corrected chi connectivity index (χ3v) is 5.22. The van der Waals surface area contributed by atoms with E-state index in [1.54, 1.807) is 7.05 Å². The number of fused-ring (bicyclic) bond motifs is 1. The van der Waals surface area contributed by atoms with Gasteiger partial charge in [0.2, 0.25) is 0 Å². The summed E-state index contributed by atoms with van der Waals surface area (Å²) in [4.78, 5) is 22.4. The fraction of sp³-hybridized carbons (Fsp3) is 0.278. The molecule has 4 rings (SSSR count). The molecule has 3 aromatic rings. The van der Waals surface area contributed by atoms with Crippen molar-refractivity contribution in [2.24, 2.45) is 7.05 Å². The normalized spacial score (nSPS) is 16.5. The summed E-state index contributed by atoms with van der Waals surface area (Å²) in [6.07, 6.45) is -2.48. The van der Waals surface area contributed by atoms with Crippen LogP contribution in [0.4, 0.5) is 17.6 Å². The third-order valence-electron chi connectivity index (χ3n) is 4.81. The van der Waals surface area contributed by atoms with E-state index in [-0.39, 0.29) is 17.9 Å². The van der Waals surface area contributed by atoms with Crippen molar-refractivity contribution in [1.82, 2.24) is 29.9 Å². The summed E-state index contributed by atoms with van der Waals surface area (Å²) < 4.78 is 54.5. The molecule has 1 aliphatic heterocycles. The van der Waals surface area contributed by atoms with Crippen LogP contribution in [-0.2, 0) is 19.6 Å². The number of alkyl halides is 3. The quantitative estimate of drug-likeness (QED) is 0.572. The Balaban J connectivity index is 1.81. The van der Waals surface area contributed by atoms with Crippen LogP contribution in [0.3, 0.4) is 0 Å². The predicted molar refractivity (Wildman–Crippen MR) is 96.0 cm³/mol. The van der Waals surface area contributed by atoms with Gasteiger partial charge in [-0.25, -0.2) is 14.4 Å². The van der Waals surface area contributed by atoms with E-state index in [1.807, 2.05) is 0 Å². The number of amides is 1. The average Bonchev–Trinajstić information content (AvgIpc) is 3.08. The fourth-order valence-electron chi connectivity index (χ4n) is 3.41. The molecule has 1 unspecified atom stereocenters. The van der Waals surface area contributed by atoms with Crippen LogP contribution in [0.25, 0.3) is 0 Å². The fourth-order valence-corrected chi connectivity index (χ4v) is 3.73. The Morgan fingerprint density at radius 1 is 1.23 bits per heavy atom. The van der Waals surface area contributed by atoms with Gasteiger partial charge in [-0.15, -0.1) is 5.10 Å². The van der Waals surface area contributed by atoms with Crippen molar-refractivity contribution in [3.63, 3.8) is 0 Å². The van der Waals surface area contributed by atoms with Gasteiger partial charge in [0, 0.05) is 20.0 Å². The van der Waals surface area contributed by atoms with Gasteiger partial charge >= 0.3 is 6.18 Å². The standard InChI is InChI=1S/C18H13ClF4N6O/c1-28-12-5-6-29(15(14(12)26-27-28)16-24-7-9(20)8-25-16)17(30)10-3-2-4-11(13(10)19)18(21,22)23/h2-4,7-8,15H,5-6H2,1H3. The number of hydrogen-bond donors (Lipinski definition) is 0. The van der Waals surface area contributed by atoms with E-state index in [4.69, 9.17) is 11.6 Å². The summed E-state index contributed by atoms with van der Waals surface area (Å²) in [6, 6.07) is 2.18. The molecule has 30 heavy (non-hydrogen) atoms. The van der Waals surface area contributed by atoms with Crippen LogP contribution in [0, 0.1) is 5.82 Å². The van der Waals surface area contributed by atoms with Gasteiger partial charge in [-0.05, 0) is 12.1 Å². The largest absolute Gasteiger partial charge is 0.417 e. The average molecular weight is 441 g/mol. The molecular formula is C18H13ClF4N6O. The van der Waals surface area contributed by atoms with E-state index in [1.165, 1.54) is 15.6 Å². The predicted octanol–water partition coefficient (Wildman–Crippen LogP) is 3.20. The number of nitrogens with zero attached hydrogens (tertiary/aromatic N) is 6. The molecule has 2 aromatic heterocycles. The van der Waals surface area contributed by atoms with E-state index >= 15 is 0 Å². The highest BCUT2D eigenvalue weighted by molar-refractivity contribution is 6.34. The van der Waals surface area contributed by atoms with Crippen molar-refractivity contribution >= 4 is 17.5 Å². The minimum absolute atomic E-state index is 0.0642. The molecule has 0 saturated heterocycles. The summed E-state index contributed by atoms with van der Waals surface area (Å²) in [5.74, 6) is -1.36. The van der Waals surface area contributed by atoms with Crippen LogP contribution in [0.2, 0.25) is 5.02 Å². The molecule has 1 atom stereocenters. The highest BCUT2D eigenvalue weighted by Crippen LogP contribution is 2.38. The molecule has 0 fully saturated rings. The summed E-state index contributed by atoms with van der Waals surface area (Å²) in [5, 5.41) is 7.33. The first-order valence-electron chi connectivity index (χ1n) is 8.71. The lowest BCUT2D eigenvalue weighted by Crippen LogP contribution is -2.42. The van der Waals surface area contributed by atoms with Gasteiger partial charge in [0.15, 0.2) is 11.6 Å². The van der Waals surface area contributed by atoms with Crippen molar-refractivity contribution in [3.8, 4) is 0 Å². The van der Waals surface area contributed by atoms with Crippen LogP contribution < -0.4 is 0 Å². The Labute approximate surface area is 172 Å². The summed E-state index contributed by atoms with van der Waals surface area (Å²) in [7, 11) is 1.68. The Kier molecular flexibility index (Phi) is 4.92. The Morgan fingerprint density at radius 2 is 1.93 bits per heavy atom. The lowest BCUT2D eigenvalue weighted by Gasteiger charge is -2.34. The first-order valence-corrected chi connectivity index (χ1v) is 9.09. The van der Waals surface area contributed by atoms with Gasteiger partial charge < -0.3 is 4.90 Å². The van der Waals surface area contributed by atoms with Gasteiger partial charge in [-0.2, -0.15) is 13.2 Å². The maximum atomic E-state index is 13.3. The smallest absolute Gasteiger partial charge is 0.322 e. The minimum Gasteiger partial charge on any atom is -0.322 e. The lowest BCUT2D eigenvalue weighted by atomic mass is 9.99. The molecule has 1 aliphatic rings. The zero-order chi connectivity index (χ0) is 21.6. The minimum atomic E-state index is -4.72. The molecule has 0 aliphatic carbocycles. The number of carbonyl (C=O) groups is 1. The lowest BCUT2D eigenvalue weighted by molar-refractivity contribution is -0.137. The van der Waals surface area contributed by atoms with Crippen molar-refractivity contribution in [2.75, 3.05) is 6.54 Å². The van der Waals surface area contributed by atoms with Crippen molar-refractivity contribution in [1.29, 1.82) is 0 Å². The monoisotopic (exact) mass is 440 g/mol. The van der Waals surface area contributed by atoms with Crippen LogP contribution >= 0.6 is 11.6 Å². The Morgan fingerprint density at radius 3 is 2.60 bits per heavy atom. The summed E-state index contributed by atoms with van der Waals surface area (Å²) in [6.45, 7) is 0.130. The number of rotatable bonds is 2. The highest BCUT2D eigenvalue weighted by Gasteiger charge is 2.40. The SMILES string of the molecule is Cn1nnc2c1CCN(C(=O)c1cccc(C(F)(F)F)c1Cl)C2c1ncc(F)cn1. The van der Waals surface area contributed by atoms with E-state index in [0.717, 1.165) is 24.5 Å². The van der Waals surface area contributed by atoms with Crippen LogP contribution in [-0.4, -0.2) is 42.3 Å². The number of aryl methyl sites for hydroxylation is 1. The number of benzene rings is 1. The van der Waals surface area contributed by atoms with E-state index in [2.05, 4.69) is 20.3 Å². The molecule has 1 aromatic carbocycles. The van der Waals surface area contributed by atoms with Crippen LogP contribution in [0.1, 0.15) is 39.2 Å². The second-order valence-electron chi connectivity index (χ2n) is 6.62. The molecule has 12 heteroatoms. The number of halogens is 5. The molecular weight excluding hydrogens is 428 g/mol. The Hall–Kier alpha value is -3.08.